The van der Waals surface area contributed by atoms with Crippen LogP contribution in [0.15, 0.2) is 42.5 Å². The van der Waals surface area contributed by atoms with Gasteiger partial charge in [-0.25, -0.2) is 8.42 Å². The van der Waals surface area contributed by atoms with Gasteiger partial charge in [0, 0.05) is 38.4 Å². The summed E-state index contributed by atoms with van der Waals surface area (Å²) in [6.07, 6.45) is 1.12. The van der Waals surface area contributed by atoms with Crippen LogP contribution >= 0.6 is 0 Å². The predicted octanol–water partition coefficient (Wildman–Crippen LogP) is 2.14. The van der Waals surface area contributed by atoms with Crippen LogP contribution in [-0.2, 0) is 21.4 Å². The van der Waals surface area contributed by atoms with Crippen molar-refractivity contribution in [2.45, 2.75) is 20.4 Å². The summed E-state index contributed by atoms with van der Waals surface area (Å²) in [5, 5.41) is 2.84. The first kappa shape index (κ1) is 23.1. The number of aryl methyl sites for hydroxylation is 2. The molecule has 1 heterocycles. The number of nitrogens with zero attached hydrogens (tertiary/aromatic N) is 3. The van der Waals surface area contributed by atoms with Crippen LogP contribution in [0.4, 0.5) is 11.4 Å². The molecule has 0 saturated carbocycles. The van der Waals surface area contributed by atoms with Crippen LogP contribution in [0, 0.1) is 13.8 Å². The second kappa shape index (κ2) is 9.70. The van der Waals surface area contributed by atoms with Crippen molar-refractivity contribution in [1.82, 2.24) is 10.2 Å². The molecule has 2 aromatic rings. The molecule has 31 heavy (non-hydrogen) atoms. The Morgan fingerprint density at radius 2 is 1.68 bits per heavy atom. The quantitative estimate of drug-likeness (QED) is 0.708. The first-order chi connectivity index (χ1) is 14.6. The van der Waals surface area contributed by atoms with E-state index >= 15 is 0 Å². The van der Waals surface area contributed by atoms with Gasteiger partial charge in [-0.2, -0.15) is 0 Å². The normalized spacial score (nSPS) is 15.0. The number of likely N-dealkylation sites (N-methyl/N-ethyl adjacent to an activating group) is 1. The van der Waals surface area contributed by atoms with Crippen LogP contribution in [0.2, 0.25) is 0 Å². The number of hydrogen-bond donors (Lipinski definition) is 1. The van der Waals surface area contributed by atoms with E-state index in [1.165, 1.54) is 9.99 Å². The summed E-state index contributed by atoms with van der Waals surface area (Å²) in [7, 11) is -1.46. The van der Waals surface area contributed by atoms with Crippen LogP contribution in [0.1, 0.15) is 16.7 Å². The zero-order valence-electron chi connectivity index (χ0n) is 18.8. The lowest BCUT2D eigenvalue weighted by molar-refractivity contribution is -0.119. The van der Waals surface area contributed by atoms with E-state index in [2.05, 4.69) is 34.3 Å². The largest absolute Gasteiger partial charge is 0.369 e. The van der Waals surface area contributed by atoms with E-state index in [-0.39, 0.29) is 12.5 Å². The fourth-order valence-electron chi connectivity index (χ4n) is 3.65. The van der Waals surface area contributed by atoms with E-state index in [9.17, 15) is 13.2 Å². The van der Waals surface area contributed by atoms with Crippen LogP contribution in [0.25, 0.3) is 0 Å². The highest BCUT2D eigenvalue weighted by Crippen LogP contribution is 2.23. The molecule has 1 saturated heterocycles. The summed E-state index contributed by atoms with van der Waals surface area (Å²) in [5.41, 5.74) is 4.44. The molecule has 1 aliphatic heterocycles. The number of amides is 1. The van der Waals surface area contributed by atoms with Gasteiger partial charge in [0.25, 0.3) is 0 Å². The molecular weight excluding hydrogens is 412 g/mol. The molecule has 0 aromatic heterocycles. The smallest absolute Gasteiger partial charge is 0.241 e. The Bertz CT molecular complexity index is 1010. The predicted molar refractivity (Wildman–Crippen MR) is 126 cm³/mol. The summed E-state index contributed by atoms with van der Waals surface area (Å²) in [4.78, 5) is 17.2. The number of rotatable bonds is 7. The highest BCUT2D eigenvalue weighted by molar-refractivity contribution is 7.92. The van der Waals surface area contributed by atoms with Crippen molar-refractivity contribution in [3.05, 3.63) is 59.2 Å². The fourth-order valence-corrected chi connectivity index (χ4v) is 4.55. The van der Waals surface area contributed by atoms with Crippen molar-refractivity contribution >= 4 is 27.3 Å². The van der Waals surface area contributed by atoms with Crippen LogP contribution in [-0.4, -0.2) is 65.3 Å². The van der Waals surface area contributed by atoms with E-state index < -0.39 is 10.0 Å². The molecule has 8 heteroatoms. The van der Waals surface area contributed by atoms with Crippen molar-refractivity contribution < 1.29 is 13.2 Å². The molecule has 1 aliphatic rings. The van der Waals surface area contributed by atoms with Crippen molar-refractivity contribution in [3.63, 3.8) is 0 Å². The third-order valence-electron chi connectivity index (χ3n) is 5.62. The first-order valence-electron chi connectivity index (χ1n) is 10.5. The van der Waals surface area contributed by atoms with Gasteiger partial charge in [-0.1, -0.05) is 24.3 Å². The van der Waals surface area contributed by atoms with E-state index in [1.54, 1.807) is 6.07 Å². The van der Waals surface area contributed by atoms with Gasteiger partial charge >= 0.3 is 0 Å². The Morgan fingerprint density at radius 3 is 2.29 bits per heavy atom. The van der Waals surface area contributed by atoms with Gasteiger partial charge in [0.05, 0.1) is 11.9 Å². The van der Waals surface area contributed by atoms with Gasteiger partial charge in [-0.15, -0.1) is 0 Å². The van der Waals surface area contributed by atoms with Crippen molar-refractivity contribution in [2.24, 2.45) is 0 Å². The fraction of sp³-hybridized carbons (Fsp3) is 0.435. The molecule has 1 fully saturated rings. The van der Waals surface area contributed by atoms with Gasteiger partial charge in [0.2, 0.25) is 15.9 Å². The van der Waals surface area contributed by atoms with Crippen molar-refractivity contribution in [2.75, 3.05) is 55.2 Å². The summed E-state index contributed by atoms with van der Waals surface area (Å²) in [6, 6.07) is 13.7. The van der Waals surface area contributed by atoms with Crippen LogP contribution in [0.5, 0.6) is 0 Å². The van der Waals surface area contributed by atoms with E-state index in [4.69, 9.17) is 0 Å². The number of carbonyl (C=O) groups is 1. The minimum absolute atomic E-state index is 0.248. The first-order valence-corrected chi connectivity index (χ1v) is 12.3. The lowest BCUT2D eigenvalue weighted by Gasteiger charge is -2.34. The van der Waals surface area contributed by atoms with Gasteiger partial charge in [-0.3, -0.25) is 9.10 Å². The van der Waals surface area contributed by atoms with Crippen molar-refractivity contribution in [1.29, 1.82) is 0 Å². The number of anilines is 2. The van der Waals surface area contributed by atoms with Gasteiger partial charge in [0.15, 0.2) is 0 Å². The highest BCUT2D eigenvalue weighted by atomic mass is 32.2. The monoisotopic (exact) mass is 444 g/mol. The molecule has 168 valence electrons. The Kier molecular flexibility index (Phi) is 7.23. The summed E-state index contributed by atoms with van der Waals surface area (Å²) >= 11 is 0. The molecule has 0 radical (unpaired) electrons. The minimum atomic E-state index is -3.59. The summed E-state index contributed by atoms with van der Waals surface area (Å²) < 4.78 is 25.9. The Morgan fingerprint density at radius 1 is 1.03 bits per heavy atom. The Labute approximate surface area is 185 Å². The number of sulfonamides is 1. The van der Waals surface area contributed by atoms with Gasteiger partial charge in [-0.05, 0) is 55.8 Å². The molecule has 0 atom stereocenters. The molecule has 2 aromatic carbocycles. The second-order valence-electron chi connectivity index (χ2n) is 8.29. The zero-order chi connectivity index (χ0) is 22.6. The standard InChI is InChI=1S/C23H32N4O3S/c1-18-5-6-19(2)22(15-18)27(31(4,29)30)17-23(28)24-16-20-7-9-21(10-8-20)26-13-11-25(3)12-14-26/h5-10,15H,11-14,16-17H2,1-4H3,(H,24,28). The molecule has 7 nitrogen and oxygen atoms in total. The molecule has 0 spiro atoms. The topological polar surface area (TPSA) is 73.0 Å². The van der Waals surface area contributed by atoms with Crippen LogP contribution in [0.3, 0.4) is 0 Å². The third-order valence-corrected chi connectivity index (χ3v) is 6.74. The third kappa shape index (κ3) is 6.21. The average molecular weight is 445 g/mol. The minimum Gasteiger partial charge on any atom is -0.369 e. The number of carbonyl (C=O) groups excluding carboxylic acids is 1. The number of piperazine rings is 1. The Balaban J connectivity index is 1.61. The molecular formula is C23H32N4O3S. The number of benzene rings is 2. The summed E-state index contributed by atoms with van der Waals surface area (Å²) in [5.74, 6) is -0.338. The molecule has 3 rings (SSSR count). The molecule has 1 amide bonds. The maximum absolute atomic E-state index is 12.6. The second-order valence-corrected chi connectivity index (χ2v) is 10.2. The number of nitrogens with one attached hydrogen (secondary N) is 1. The number of hydrogen-bond acceptors (Lipinski definition) is 5. The molecule has 1 N–H and O–H groups in total. The zero-order valence-corrected chi connectivity index (χ0v) is 19.6. The lowest BCUT2D eigenvalue weighted by atomic mass is 10.1. The maximum Gasteiger partial charge on any atom is 0.241 e. The van der Waals surface area contributed by atoms with Crippen LogP contribution < -0.4 is 14.5 Å². The molecule has 0 aliphatic carbocycles. The molecule has 0 bridgehead atoms. The van der Waals surface area contributed by atoms with E-state index in [0.29, 0.717) is 12.2 Å². The maximum atomic E-state index is 12.6. The van der Waals surface area contributed by atoms with Crippen molar-refractivity contribution in [3.8, 4) is 0 Å². The average Bonchev–Trinajstić information content (AvgIpc) is 2.72. The summed E-state index contributed by atoms with van der Waals surface area (Å²) in [6.45, 7) is 7.96. The van der Waals surface area contributed by atoms with E-state index in [0.717, 1.165) is 49.1 Å². The lowest BCUT2D eigenvalue weighted by Crippen LogP contribution is -2.44. The van der Waals surface area contributed by atoms with Gasteiger partial charge < -0.3 is 15.1 Å². The van der Waals surface area contributed by atoms with Gasteiger partial charge in [0.1, 0.15) is 6.54 Å². The highest BCUT2D eigenvalue weighted by Gasteiger charge is 2.22. The van der Waals surface area contributed by atoms with E-state index in [1.807, 2.05) is 38.1 Å². The molecule has 0 unspecified atom stereocenters. The Hall–Kier alpha value is -2.58. The SMILES string of the molecule is Cc1ccc(C)c(N(CC(=O)NCc2ccc(N3CCN(C)CC3)cc2)S(C)(=O)=O)c1.